The molecule has 1 heterocycles. The van der Waals surface area contributed by atoms with Crippen molar-refractivity contribution in [1.82, 2.24) is 0 Å². The van der Waals surface area contributed by atoms with E-state index in [1.54, 1.807) is 0 Å². The van der Waals surface area contributed by atoms with Gasteiger partial charge in [0.1, 0.15) is 0 Å². The third kappa shape index (κ3) is 2.88. The van der Waals surface area contributed by atoms with Crippen molar-refractivity contribution in [3.05, 3.63) is 12.3 Å². The predicted octanol–water partition coefficient (Wildman–Crippen LogP) is 4.20. The minimum atomic E-state index is -2.22. The Morgan fingerprint density at radius 3 is 1.33 bits per heavy atom. The van der Waals surface area contributed by atoms with Crippen LogP contribution in [0.15, 0.2) is 12.3 Å². The maximum absolute atomic E-state index is 6.54. The highest BCUT2D eigenvalue weighted by Gasteiger charge is 2.58. The van der Waals surface area contributed by atoms with E-state index in [2.05, 4.69) is 41.2 Å². The van der Waals surface area contributed by atoms with Crippen LogP contribution in [-0.2, 0) is 12.3 Å². The standard InChI is InChI=1S/C12H28O3Si3/c1-7-16(8-2)13-17(9-3,10-4)15-18(11-5,12-6)14-16/h7H,1,8-12H2,2-6H3. The fourth-order valence-electron chi connectivity index (χ4n) is 2.48. The Bertz CT molecular complexity index is 268. The van der Waals surface area contributed by atoms with Crippen molar-refractivity contribution in [1.29, 1.82) is 0 Å². The van der Waals surface area contributed by atoms with Crippen LogP contribution in [0.3, 0.4) is 0 Å². The summed E-state index contributed by atoms with van der Waals surface area (Å²) in [6.07, 6.45) is 0. The van der Waals surface area contributed by atoms with Gasteiger partial charge in [-0.25, -0.2) is 0 Å². The summed E-state index contributed by atoms with van der Waals surface area (Å²) in [4.78, 5) is 0. The third-order valence-corrected chi connectivity index (χ3v) is 18.7. The van der Waals surface area contributed by atoms with Crippen molar-refractivity contribution >= 4 is 25.7 Å². The molecule has 0 unspecified atom stereocenters. The number of hydrogen-bond acceptors (Lipinski definition) is 3. The second-order valence-electron chi connectivity index (χ2n) is 4.91. The molecule has 1 aliphatic heterocycles. The summed E-state index contributed by atoms with van der Waals surface area (Å²) in [5.41, 5.74) is 1.98. The molecule has 0 aromatic heterocycles. The van der Waals surface area contributed by atoms with E-state index in [-0.39, 0.29) is 0 Å². The van der Waals surface area contributed by atoms with Crippen LogP contribution in [0.4, 0.5) is 0 Å². The fourth-order valence-corrected chi connectivity index (χ4v) is 19.6. The Balaban J connectivity index is 3.17. The third-order valence-electron chi connectivity index (χ3n) is 4.05. The first-order valence-corrected chi connectivity index (χ1v) is 13.8. The lowest BCUT2D eigenvalue weighted by atomic mass is 10.9. The zero-order valence-electron chi connectivity index (χ0n) is 12.5. The van der Waals surface area contributed by atoms with Crippen molar-refractivity contribution in [3.8, 4) is 0 Å². The van der Waals surface area contributed by atoms with Crippen LogP contribution in [0.2, 0.25) is 30.2 Å². The Morgan fingerprint density at radius 2 is 1.11 bits per heavy atom. The molecule has 106 valence electrons. The van der Waals surface area contributed by atoms with Crippen LogP contribution in [-0.4, -0.2) is 25.7 Å². The van der Waals surface area contributed by atoms with E-state index in [1.165, 1.54) is 0 Å². The number of hydrogen-bond donors (Lipinski definition) is 0. The van der Waals surface area contributed by atoms with Gasteiger partial charge >= 0.3 is 25.7 Å². The van der Waals surface area contributed by atoms with Gasteiger partial charge < -0.3 is 12.3 Å². The van der Waals surface area contributed by atoms with E-state index in [9.17, 15) is 0 Å². The molecule has 0 radical (unpaired) electrons. The molecular formula is C12H28O3Si3. The van der Waals surface area contributed by atoms with E-state index in [1.807, 2.05) is 5.70 Å². The lowest BCUT2D eigenvalue weighted by molar-refractivity contribution is 0.220. The van der Waals surface area contributed by atoms with Crippen LogP contribution in [0.1, 0.15) is 34.6 Å². The average Bonchev–Trinajstić information content (AvgIpc) is 2.46. The van der Waals surface area contributed by atoms with Gasteiger partial charge in [-0.1, -0.05) is 40.3 Å². The van der Waals surface area contributed by atoms with Crippen molar-refractivity contribution in [3.63, 3.8) is 0 Å². The quantitative estimate of drug-likeness (QED) is 0.688. The molecule has 18 heavy (non-hydrogen) atoms. The maximum atomic E-state index is 6.54. The normalized spacial score (nSPS) is 24.7. The Kier molecular flexibility index (Phi) is 5.58. The molecule has 1 saturated heterocycles. The van der Waals surface area contributed by atoms with Gasteiger partial charge in [-0.15, -0.1) is 6.58 Å². The van der Waals surface area contributed by atoms with E-state index in [0.717, 1.165) is 30.2 Å². The Morgan fingerprint density at radius 1 is 0.722 bits per heavy atom. The summed E-state index contributed by atoms with van der Waals surface area (Å²) in [6.45, 7) is 14.9. The molecule has 0 saturated carbocycles. The summed E-state index contributed by atoms with van der Waals surface area (Å²) in [7, 11) is -6.34. The predicted molar refractivity (Wildman–Crippen MR) is 83.1 cm³/mol. The van der Waals surface area contributed by atoms with Gasteiger partial charge in [-0.05, 0) is 30.2 Å². The van der Waals surface area contributed by atoms with Gasteiger partial charge in [0.25, 0.3) is 0 Å². The largest absolute Gasteiger partial charge is 0.415 e. The molecule has 0 aromatic rings. The van der Waals surface area contributed by atoms with E-state index in [0.29, 0.717) is 0 Å². The van der Waals surface area contributed by atoms with Gasteiger partial charge in [-0.2, -0.15) is 0 Å². The van der Waals surface area contributed by atoms with Crippen molar-refractivity contribution in [2.75, 3.05) is 0 Å². The van der Waals surface area contributed by atoms with E-state index >= 15 is 0 Å². The zero-order chi connectivity index (χ0) is 13.9. The minimum absolute atomic E-state index is 0.948. The highest BCUT2D eigenvalue weighted by Crippen LogP contribution is 2.40. The van der Waals surface area contributed by atoms with Gasteiger partial charge in [0, 0.05) is 0 Å². The zero-order valence-corrected chi connectivity index (χ0v) is 15.5. The van der Waals surface area contributed by atoms with Gasteiger partial charge in [-0.3, -0.25) is 0 Å². The summed E-state index contributed by atoms with van der Waals surface area (Å²) < 4.78 is 19.5. The lowest BCUT2D eigenvalue weighted by Crippen LogP contribution is -2.69. The summed E-state index contributed by atoms with van der Waals surface area (Å²) in [5, 5.41) is 0. The molecule has 1 rings (SSSR count). The molecular weight excluding hydrogens is 276 g/mol. The first-order valence-electron chi connectivity index (χ1n) is 7.22. The maximum Gasteiger partial charge on any atom is 0.346 e. The molecule has 1 fully saturated rings. The molecule has 0 aromatic carbocycles. The molecule has 6 heteroatoms. The number of rotatable bonds is 6. The van der Waals surface area contributed by atoms with Crippen LogP contribution in [0.5, 0.6) is 0 Å². The highest BCUT2D eigenvalue weighted by molar-refractivity contribution is 6.96. The van der Waals surface area contributed by atoms with Gasteiger partial charge in [0.05, 0.1) is 0 Å². The van der Waals surface area contributed by atoms with Crippen molar-refractivity contribution in [2.24, 2.45) is 0 Å². The summed E-state index contributed by atoms with van der Waals surface area (Å²) >= 11 is 0. The molecule has 0 amide bonds. The molecule has 0 N–H and O–H groups in total. The minimum Gasteiger partial charge on any atom is -0.415 e. The molecule has 0 aliphatic carbocycles. The molecule has 3 nitrogen and oxygen atoms in total. The van der Waals surface area contributed by atoms with Crippen LogP contribution in [0, 0.1) is 0 Å². The Labute approximate surface area is 115 Å². The molecule has 0 bridgehead atoms. The second-order valence-corrected chi connectivity index (χ2v) is 16.6. The van der Waals surface area contributed by atoms with E-state index < -0.39 is 25.7 Å². The van der Waals surface area contributed by atoms with Gasteiger partial charge in [0.2, 0.25) is 0 Å². The summed E-state index contributed by atoms with van der Waals surface area (Å²) in [5.74, 6) is 0. The summed E-state index contributed by atoms with van der Waals surface area (Å²) in [6, 6.07) is 5.02. The van der Waals surface area contributed by atoms with Crippen LogP contribution in [0.25, 0.3) is 0 Å². The average molecular weight is 305 g/mol. The van der Waals surface area contributed by atoms with Crippen molar-refractivity contribution in [2.45, 2.75) is 64.8 Å². The van der Waals surface area contributed by atoms with Crippen LogP contribution >= 0.6 is 0 Å². The molecule has 0 atom stereocenters. The smallest absolute Gasteiger partial charge is 0.346 e. The van der Waals surface area contributed by atoms with Crippen LogP contribution < -0.4 is 0 Å². The second kappa shape index (κ2) is 6.15. The molecule has 1 aliphatic rings. The van der Waals surface area contributed by atoms with Gasteiger partial charge in [0.15, 0.2) is 0 Å². The highest BCUT2D eigenvalue weighted by atomic mass is 28.5. The first-order chi connectivity index (χ1) is 8.49. The molecule has 0 spiro atoms. The SMILES string of the molecule is C=C[Si]1(CC)O[Si](CC)(CC)O[Si](CC)(CC)O1. The van der Waals surface area contributed by atoms with E-state index in [4.69, 9.17) is 12.3 Å². The topological polar surface area (TPSA) is 27.7 Å². The van der Waals surface area contributed by atoms with Crippen molar-refractivity contribution < 1.29 is 12.3 Å². The monoisotopic (exact) mass is 304 g/mol. The fraction of sp³-hybridized carbons (Fsp3) is 0.833. The first kappa shape index (κ1) is 16.3. The lowest BCUT2D eigenvalue weighted by Gasteiger charge is -2.51. The Hall–Kier alpha value is 0.271.